The molecule has 0 amide bonds. The van der Waals surface area contributed by atoms with Gasteiger partial charge < -0.3 is 5.32 Å². The summed E-state index contributed by atoms with van der Waals surface area (Å²) >= 11 is 3.58. The third kappa shape index (κ3) is 3.46. The summed E-state index contributed by atoms with van der Waals surface area (Å²) < 4.78 is 1.18. The van der Waals surface area contributed by atoms with E-state index >= 15 is 0 Å². The molecule has 1 nitrogen and oxygen atoms in total. The minimum absolute atomic E-state index is 0.312. The van der Waals surface area contributed by atoms with Crippen molar-refractivity contribution in [2.75, 3.05) is 6.54 Å². The number of benzene rings is 1. The first kappa shape index (κ1) is 13.5. The van der Waals surface area contributed by atoms with Gasteiger partial charge in [0.1, 0.15) is 0 Å². The molecule has 0 aliphatic carbocycles. The van der Waals surface area contributed by atoms with E-state index in [1.807, 2.05) is 0 Å². The minimum atomic E-state index is 0.312. The van der Waals surface area contributed by atoms with Gasteiger partial charge in [-0.2, -0.15) is 0 Å². The Hall–Kier alpha value is -0.600. The van der Waals surface area contributed by atoms with Crippen molar-refractivity contribution in [1.82, 2.24) is 5.32 Å². The number of allylic oxidation sites excluding steroid dienone is 1. The molecular formula is C14H20BrN. The molecule has 1 rings (SSSR count). The third-order valence-electron chi connectivity index (χ3n) is 2.57. The molecule has 1 unspecified atom stereocenters. The molecular weight excluding hydrogens is 262 g/mol. The van der Waals surface area contributed by atoms with E-state index in [4.69, 9.17) is 0 Å². The molecule has 2 heteroatoms. The summed E-state index contributed by atoms with van der Waals surface area (Å²) in [5.74, 6) is 0. The topological polar surface area (TPSA) is 12.0 Å². The zero-order valence-electron chi connectivity index (χ0n) is 10.5. The van der Waals surface area contributed by atoms with Crippen molar-refractivity contribution >= 4 is 15.9 Å². The highest BCUT2D eigenvalue weighted by molar-refractivity contribution is 9.10. The van der Waals surface area contributed by atoms with Crippen LogP contribution in [0.3, 0.4) is 0 Å². The standard InChI is InChI=1S/C14H20BrN/c1-5-16-14(9-10(2)3)12-7-6-8-13(15)11(12)4/h6-9,14,16H,5H2,1-4H3. The van der Waals surface area contributed by atoms with Crippen molar-refractivity contribution in [3.8, 4) is 0 Å². The molecule has 1 aromatic carbocycles. The van der Waals surface area contributed by atoms with Crippen molar-refractivity contribution in [3.05, 3.63) is 45.4 Å². The van der Waals surface area contributed by atoms with Crippen LogP contribution in [0.1, 0.15) is 37.9 Å². The average molecular weight is 282 g/mol. The van der Waals surface area contributed by atoms with E-state index in [2.05, 4.69) is 73.2 Å². The third-order valence-corrected chi connectivity index (χ3v) is 3.43. The van der Waals surface area contributed by atoms with E-state index in [-0.39, 0.29) is 0 Å². The molecule has 0 heterocycles. The fraction of sp³-hybridized carbons (Fsp3) is 0.429. The first-order chi connectivity index (χ1) is 7.56. The molecule has 0 aliphatic rings. The average Bonchev–Trinajstić information content (AvgIpc) is 2.21. The van der Waals surface area contributed by atoms with Gasteiger partial charge in [0, 0.05) is 4.47 Å². The van der Waals surface area contributed by atoms with Crippen LogP contribution in [-0.4, -0.2) is 6.54 Å². The van der Waals surface area contributed by atoms with Gasteiger partial charge in [0.05, 0.1) is 6.04 Å². The molecule has 16 heavy (non-hydrogen) atoms. The quantitative estimate of drug-likeness (QED) is 0.808. The second kappa shape index (κ2) is 6.21. The summed E-state index contributed by atoms with van der Waals surface area (Å²) in [6.45, 7) is 9.54. The summed E-state index contributed by atoms with van der Waals surface area (Å²) in [6, 6.07) is 6.68. The second-order valence-corrected chi connectivity index (χ2v) is 5.09. The number of rotatable bonds is 4. The van der Waals surface area contributed by atoms with Crippen LogP contribution in [-0.2, 0) is 0 Å². The van der Waals surface area contributed by atoms with E-state index in [0.717, 1.165) is 6.54 Å². The Morgan fingerprint density at radius 2 is 2.12 bits per heavy atom. The van der Waals surface area contributed by atoms with E-state index in [9.17, 15) is 0 Å². The number of halogens is 1. The maximum Gasteiger partial charge on any atom is 0.0511 e. The van der Waals surface area contributed by atoms with Crippen LogP contribution in [0.2, 0.25) is 0 Å². The lowest BCUT2D eigenvalue weighted by Gasteiger charge is -2.18. The van der Waals surface area contributed by atoms with Gasteiger partial charge in [-0.3, -0.25) is 0 Å². The highest BCUT2D eigenvalue weighted by Crippen LogP contribution is 2.26. The summed E-state index contributed by atoms with van der Waals surface area (Å²) in [6.07, 6.45) is 2.28. The SMILES string of the molecule is CCNC(C=C(C)C)c1cccc(Br)c1C. The monoisotopic (exact) mass is 281 g/mol. The van der Waals surface area contributed by atoms with E-state index in [0.29, 0.717) is 6.04 Å². The van der Waals surface area contributed by atoms with Crippen LogP contribution in [0.5, 0.6) is 0 Å². The van der Waals surface area contributed by atoms with Crippen LogP contribution in [0.15, 0.2) is 34.3 Å². The molecule has 88 valence electrons. The van der Waals surface area contributed by atoms with Crippen LogP contribution in [0.4, 0.5) is 0 Å². The van der Waals surface area contributed by atoms with E-state index < -0.39 is 0 Å². The molecule has 0 aromatic heterocycles. The number of likely N-dealkylation sites (N-methyl/N-ethyl adjacent to an activating group) is 1. The fourth-order valence-corrected chi connectivity index (χ4v) is 2.15. The Labute approximate surface area is 107 Å². The summed E-state index contributed by atoms with van der Waals surface area (Å²) in [5, 5.41) is 3.50. The van der Waals surface area contributed by atoms with Gasteiger partial charge in [0.15, 0.2) is 0 Å². The zero-order valence-corrected chi connectivity index (χ0v) is 12.1. The van der Waals surface area contributed by atoms with Crippen LogP contribution < -0.4 is 5.32 Å². The lowest BCUT2D eigenvalue weighted by Crippen LogP contribution is -2.20. The first-order valence-corrected chi connectivity index (χ1v) is 6.49. The van der Waals surface area contributed by atoms with Gasteiger partial charge in [-0.15, -0.1) is 0 Å². The minimum Gasteiger partial charge on any atom is -0.307 e. The predicted octanol–water partition coefficient (Wildman–Crippen LogP) is 4.37. The zero-order chi connectivity index (χ0) is 12.1. The lowest BCUT2D eigenvalue weighted by atomic mass is 9.99. The molecule has 0 saturated heterocycles. The van der Waals surface area contributed by atoms with Crippen molar-refractivity contribution in [3.63, 3.8) is 0 Å². The first-order valence-electron chi connectivity index (χ1n) is 5.69. The van der Waals surface area contributed by atoms with Gasteiger partial charge in [-0.25, -0.2) is 0 Å². The summed E-state index contributed by atoms with van der Waals surface area (Å²) in [4.78, 5) is 0. The van der Waals surface area contributed by atoms with Crippen molar-refractivity contribution in [2.24, 2.45) is 0 Å². The van der Waals surface area contributed by atoms with Gasteiger partial charge in [0.2, 0.25) is 0 Å². The summed E-state index contributed by atoms with van der Waals surface area (Å²) in [7, 11) is 0. The molecule has 1 N–H and O–H groups in total. The summed E-state index contributed by atoms with van der Waals surface area (Å²) in [5.41, 5.74) is 3.99. The van der Waals surface area contributed by atoms with Crippen LogP contribution in [0, 0.1) is 6.92 Å². The highest BCUT2D eigenvalue weighted by atomic mass is 79.9. The molecule has 0 aliphatic heterocycles. The highest BCUT2D eigenvalue weighted by Gasteiger charge is 2.11. The maximum atomic E-state index is 3.58. The fourth-order valence-electron chi connectivity index (χ4n) is 1.77. The van der Waals surface area contributed by atoms with Gasteiger partial charge in [-0.1, -0.05) is 46.6 Å². The Morgan fingerprint density at radius 1 is 1.44 bits per heavy atom. The Bertz CT molecular complexity index is 378. The molecule has 1 aromatic rings. The molecule has 0 bridgehead atoms. The lowest BCUT2D eigenvalue weighted by molar-refractivity contribution is 0.641. The Balaban J connectivity index is 3.10. The van der Waals surface area contributed by atoms with Crippen LogP contribution >= 0.6 is 15.9 Å². The van der Waals surface area contributed by atoms with Crippen molar-refractivity contribution in [2.45, 2.75) is 33.7 Å². The largest absolute Gasteiger partial charge is 0.307 e. The number of hydrogen-bond donors (Lipinski definition) is 1. The maximum absolute atomic E-state index is 3.58. The second-order valence-electron chi connectivity index (χ2n) is 4.23. The molecule has 0 fully saturated rings. The van der Waals surface area contributed by atoms with Gasteiger partial charge in [-0.05, 0) is 44.5 Å². The molecule has 0 saturated carbocycles. The van der Waals surface area contributed by atoms with Crippen LogP contribution in [0.25, 0.3) is 0 Å². The molecule has 1 atom stereocenters. The number of hydrogen-bond acceptors (Lipinski definition) is 1. The van der Waals surface area contributed by atoms with Gasteiger partial charge in [0.25, 0.3) is 0 Å². The Morgan fingerprint density at radius 3 is 2.69 bits per heavy atom. The van der Waals surface area contributed by atoms with Crippen molar-refractivity contribution < 1.29 is 0 Å². The van der Waals surface area contributed by atoms with Gasteiger partial charge >= 0.3 is 0 Å². The van der Waals surface area contributed by atoms with E-state index in [1.54, 1.807) is 0 Å². The normalized spacial score (nSPS) is 12.3. The number of nitrogens with one attached hydrogen (secondary N) is 1. The predicted molar refractivity (Wildman–Crippen MR) is 74.7 cm³/mol. The molecule has 0 radical (unpaired) electrons. The van der Waals surface area contributed by atoms with Crippen molar-refractivity contribution in [1.29, 1.82) is 0 Å². The molecule has 0 spiro atoms. The van der Waals surface area contributed by atoms with E-state index in [1.165, 1.54) is 21.2 Å². The Kier molecular flexibility index (Phi) is 5.23. The smallest absolute Gasteiger partial charge is 0.0511 e.